The summed E-state index contributed by atoms with van der Waals surface area (Å²) in [5, 5.41) is 7.25. The SMILES string of the molecule is O=C(N[C@@H]1CCCc2ccccc21)C1CC(C2CC2)=NO1. The van der Waals surface area contributed by atoms with Crippen LogP contribution >= 0.6 is 0 Å². The van der Waals surface area contributed by atoms with Gasteiger partial charge in [0, 0.05) is 12.3 Å². The van der Waals surface area contributed by atoms with Gasteiger partial charge in [-0.05, 0) is 43.2 Å². The number of hydrogen-bond donors (Lipinski definition) is 1. The van der Waals surface area contributed by atoms with Crippen LogP contribution in [0.25, 0.3) is 0 Å². The van der Waals surface area contributed by atoms with Gasteiger partial charge in [0.2, 0.25) is 6.10 Å². The predicted octanol–water partition coefficient (Wildman–Crippen LogP) is 2.74. The van der Waals surface area contributed by atoms with Crippen LogP contribution in [0.15, 0.2) is 29.4 Å². The first-order valence-electron chi connectivity index (χ1n) is 7.92. The maximum atomic E-state index is 12.4. The van der Waals surface area contributed by atoms with E-state index in [1.807, 2.05) is 6.07 Å². The molecule has 1 amide bonds. The van der Waals surface area contributed by atoms with Gasteiger partial charge in [-0.3, -0.25) is 4.79 Å². The van der Waals surface area contributed by atoms with Crippen molar-refractivity contribution in [2.75, 3.05) is 0 Å². The molecule has 2 aliphatic carbocycles. The van der Waals surface area contributed by atoms with E-state index in [-0.39, 0.29) is 11.9 Å². The van der Waals surface area contributed by atoms with Crippen molar-refractivity contribution in [1.29, 1.82) is 0 Å². The molecule has 0 bridgehead atoms. The van der Waals surface area contributed by atoms with Crippen molar-refractivity contribution in [3.05, 3.63) is 35.4 Å². The van der Waals surface area contributed by atoms with Crippen LogP contribution in [-0.4, -0.2) is 17.7 Å². The molecule has 2 atom stereocenters. The second kappa shape index (κ2) is 5.17. The highest BCUT2D eigenvalue weighted by Crippen LogP contribution is 2.35. The largest absolute Gasteiger partial charge is 0.382 e. The number of amides is 1. The first-order chi connectivity index (χ1) is 10.3. The summed E-state index contributed by atoms with van der Waals surface area (Å²) < 4.78 is 0. The summed E-state index contributed by atoms with van der Waals surface area (Å²) in [5.74, 6) is 0.564. The highest BCUT2D eigenvalue weighted by atomic mass is 16.6. The van der Waals surface area contributed by atoms with E-state index in [1.165, 1.54) is 24.0 Å². The lowest BCUT2D eigenvalue weighted by atomic mass is 9.87. The number of nitrogens with one attached hydrogen (secondary N) is 1. The van der Waals surface area contributed by atoms with Crippen LogP contribution < -0.4 is 5.32 Å². The van der Waals surface area contributed by atoms with Crippen LogP contribution in [0, 0.1) is 5.92 Å². The van der Waals surface area contributed by atoms with Crippen LogP contribution in [0.2, 0.25) is 0 Å². The highest BCUT2D eigenvalue weighted by molar-refractivity contribution is 5.95. The molecule has 4 heteroatoms. The van der Waals surface area contributed by atoms with Gasteiger partial charge in [-0.15, -0.1) is 0 Å². The lowest BCUT2D eigenvalue weighted by Crippen LogP contribution is -2.38. The molecule has 1 aromatic rings. The van der Waals surface area contributed by atoms with E-state index >= 15 is 0 Å². The van der Waals surface area contributed by atoms with Gasteiger partial charge in [0.1, 0.15) is 0 Å². The topological polar surface area (TPSA) is 50.7 Å². The van der Waals surface area contributed by atoms with Crippen molar-refractivity contribution >= 4 is 11.6 Å². The monoisotopic (exact) mass is 284 g/mol. The number of fused-ring (bicyclic) bond motifs is 1. The van der Waals surface area contributed by atoms with Gasteiger partial charge < -0.3 is 10.2 Å². The lowest BCUT2D eigenvalue weighted by molar-refractivity contribution is -0.132. The van der Waals surface area contributed by atoms with Gasteiger partial charge in [0.05, 0.1) is 11.8 Å². The first-order valence-corrected chi connectivity index (χ1v) is 7.92. The summed E-state index contributed by atoms with van der Waals surface area (Å²) in [6, 6.07) is 8.52. The van der Waals surface area contributed by atoms with Crippen molar-refractivity contribution in [2.24, 2.45) is 11.1 Å². The molecule has 4 rings (SSSR count). The molecule has 21 heavy (non-hydrogen) atoms. The maximum Gasteiger partial charge on any atom is 0.264 e. The van der Waals surface area contributed by atoms with Gasteiger partial charge in [-0.25, -0.2) is 0 Å². The van der Waals surface area contributed by atoms with Crippen LogP contribution in [0.1, 0.15) is 49.3 Å². The summed E-state index contributed by atoms with van der Waals surface area (Å²) in [5.41, 5.74) is 3.70. The number of benzene rings is 1. The fraction of sp³-hybridized carbons (Fsp3) is 0.529. The summed E-state index contributed by atoms with van der Waals surface area (Å²) in [4.78, 5) is 17.7. The van der Waals surface area contributed by atoms with E-state index in [0.717, 1.165) is 25.0 Å². The number of hydrogen-bond acceptors (Lipinski definition) is 3. The third-order valence-corrected chi connectivity index (χ3v) is 4.72. The van der Waals surface area contributed by atoms with Crippen molar-refractivity contribution in [3.63, 3.8) is 0 Å². The van der Waals surface area contributed by atoms with Gasteiger partial charge in [0.15, 0.2) is 0 Å². The molecular weight excluding hydrogens is 264 g/mol. The summed E-state index contributed by atoms with van der Waals surface area (Å²) in [7, 11) is 0. The smallest absolute Gasteiger partial charge is 0.264 e. The summed E-state index contributed by atoms with van der Waals surface area (Å²) >= 11 is 0. The molecule has 0 radical (unpaired) electrons. The molecule has 0 aromatic heterocycles. The Balaban J connectivity index is 1.41. The minimum absolute atomic E-state index is 0.0175. The molecule has 1 heterocycles. The van der Waals surface area contributed by atoms with E-state index in [1.54, 1.807) is 0 Å². The maximum absolute atomic E-state index is 12.4. The Bertz CT molecular complexity index is 592. The zero-order valence-electron chi connectivity index (χ0n) is 12.0. The summed E-state index contributed by atoms with van der Waals surface area (Å²) in [6.45, 7) is 0. The zero-order chi connectivity index (χ0) is 14.2. The van der Waals surface area contributed by atoms with Crippen LogP contribution in [0.4, 0.5) is 0 Å². The van der Waals surface area contributed by atoms with Crippen molar-refractivity contribution in [3.8, 4) is 0 Å². The first kappa shape index (κ1) is 12.9. The molecule has 1 N–H and O–H groups in total. The molecule has 1 unspecified atom stereocenters. The lowest BCUT2D eigenvalue weighted by Gasteiger charge is -2.27. The summed E-state index contributed by atoms with van der Waals surface area (Å²) in [6.07, 6.45) is 5.89. The molecule has 1 fully saturated rings. The Hall–Kier alpha value is -1.84. The molecule has 1 saturated carbocycles. The Morgan fingerprint density at radius 1 is 1.24 bits per heavy atom. The molecular formula is C17H20N2O2. The van der Waals surface area contributed by atoms with Crippen LogP contribution in [0.5, 0.6) is 0 Å². The van der Waals surface area contributed by atoms with E-state index in [2.05, 4.69) is 28.7 Å². The van der Waals surface area contributed by atoms with Gasteiger partial charge in [-0.2, -0.15) is 0 Å². The van der Waals surface area contributed by atoms with Crippen LogP contribution in [0.3, 0.4) is 0 Å². The highest BCUT2D eigenvalue weighted by Gasteiger charge is 2.37. The van der Waals surface area contributed by atoms with Crippen molar-refractivity contribution in [1.82, 2.24) is 5.32 Å². The standard InChI is InChI=1S/C17H20N2O2/c20-17(16-10-15(19-21-16)12-8-9-12)18-14-7-3-5-11-4-1-2-6-13(11)14/h1-2,4,6,12,14,16H,3,5,7-10H2,(H,18,20)/t14-,16?/m1/s1. The van der Waals surface area contributed by atoms with Crippen molar-refractivity contribution in [2.45, 2.75) is 50.7 Å². The van der Waals surface area contributed by atoms with E-state index in [4.69, 9.17) is 4.84 Å². The average Bonchev–Trinajstić information content (AvgIpc) is 3.25. The predicted molar refractivity (Wildman–Crippen MR) is 79.9 cm³/mol. The minimum Gasteiger partial charge on any atom is -0.382 e. The van der Waals surface area contributed by atoms with E-state index < -0.39 is 6.10 Å². The Morgan fingerprint density at radius 3 is 2.95 bits per heavy atom. The number of rotatable bonds is 3. The second-order valence-electron chi connectivity index (χ2n) is 6.31. The quantitative estimate of drug-likeness (QED) is 0.928. The van der Waals surface area contributed by atoms with Gasteiger partial charge >= 0.3 is 0 Å². The van der Waals surface area contributed by atoms with E-state index in [0.29, 0.717) is 12.3 Å². The van der Waals surface area contributed by atoms with E-state index in [9.17, 15) is 4.79 Å². The number of aryl methyl sites for hydroxylation is 1. The fourth-order valence-corrected chi connectivity index (χ4v) is 3.36. The molecule has 3 aliphatic rings. The Morgan fingerprint density at radius 2 is 2.10 bits per heavy atom. The van der Waals surface area contributed by atoms with Crippen LogP contribution in [-0.2, 0) is 16.1 Å². The third-order valence-electron chi connectivity index (χ3n) is 4.72. The normalized spacial score (nSPS) is 27.5. The Labute approximate surface area is 124 Å². The van der Waals surface area contributed by atoms with Crippen molar-refractivity contribution < 1.29 is 9.63 Å². The Kier molecular flexibility index (Phi) is 3.17. The molecule has 110 valence electrons. The molecule has 1 aromatic carbocycles. The molecule has 1 aliphatic heterocycles. The van der Waals surface area contributed by atoms with Gasteiger partial charge in [-0.1, -0.05) is 29.4 Å². The zero-order valence-corrected chi connectivity index (χ0v) is 12.0. The van der Waals surface area contributed by atoms with Gasteiger partial charge in [0.25, 0.3) is 5.91 Å². The third kappa shape index (κ3) is 2.55. The minimum atomic E-state index is -0.422. The fourth-order valence-electron chi connectivity index (χ4n) is 3.36. The number of oxime groups is 1. The average molecular weight is 284 g/mol. The number of nitrogens with zero attached hydrogens (tertiary/aromatic N) is 1. The number of carbonyl (C=O) groups excluding carboxylic acids is 1. The molecule has 0 spiro atoms. The molecule has 0 saturated heterocycles. The second-order valence-corrected chi connectivity index (χ2v) is 6.31. The number of carbonyl (C=O) groups is 1. The molecule has 4 nitrogen and oxygen atoms in total.